The predicted octanol–water partition coefficient (Wildman–Crippen LogP) is 2.22. The number of hydrogen-bond acceptors (Lipinski definition) is 6. The van der Waals surface area contributed by atoms with Crippen molar-refractivity contribution in [1.82, 2.24) is 0 Å². The third kappa shape index (κ3) is 5.31. The number of primary amides is 1. The molecule has 2 rings (SSSR count). The predicted molar refractivity (Wildman–Crippen MR) is 98.2 cm³/mol. The van der Waals surface area contributed by atoms with Gasteiger partial charge in [0.25, 0.3) is 5.91 Å². The highest BCUT2D eigenvalue weighted by Gasteiger charge is 2.15. The van der Waals surface area contributed by atoms with Gasteiger partial charge in [-0.25, -0.2) is 4.79 Å². The van der Waals surface area contributed by atoms with Gasteiger partial charge in [-0.05, 0) is 49.2 Å². The third-order valence-electron chi connectivity index (χ3n) is 3.93. The van der Waals surface area contributed by atoms with E-state index in [-0.39, 0.29) is 36.1 Å². The van der Waals surface area contributed by atoms with Gasteiger partial charge < -0.3 is 19.9 Å². The summed E-state index contributed by atoms with van der Waals surface area (Å²) in [7, 11) is 1.39. The van der Waals surface area contributed by atoms with E-state index in [1.54, 1.807) is 12.1 Å². The molecule has 0 saturated carbocycles. The van der Waals surface area contributed by atoms with Crippen LogP contribution in [0.15, 0.2) is 36.4 Å². The van der Waals surface area contributed by atoms with Crippen LogP contribution >= 0.6 is 0 Å². The molecule has 27 heavy (non-hydrogen) atoms. The summed E-state index contributed by atoms with van der Waals surface area (Å²) in [6.07, 6.45) is 0. The molecule has 142 valence electrons. The van der Waals surface area contributed by atoms with Gasteiger partial charge in [-0.3, -0.25) is 9.59 Å². The molecule has 1 amide bonds. The highest BCUT2D eigenvalue weighted by molar-refractivity contribution is 5.99. The van der Waals surface area contributed by atoms with Crippen molar-refractivity contribution >= 4 is 17.7 Å². The molecular weight excluding hydrogens is 350 g/mol. The van der Waals surface area contributed by atoms with E-state index in [1.807, 2.05) is 19.9 Å². The zero-order valence-corrected chi connectivity index (χ0v) is 15.4. The van der Waals surface area contributed by atoms with E-state index in [0.717, 1.165) is 11.1 Å². The van der Waals surface area contributed by atoms with Crippen molar-refractivity contribution in [2.45, 2.75) is 13.8 Å². The van der Waals surface area contributed by atoms with Gasteiger partial charge in [0.2, 0.25) is 0 Å². The van der Waals surface area contributed by atoms with Crippen molar-refractivity contribution < 1.29 is 28.6 Å². The molecule has 0 aliphatic carbocycles. The fraction of sp³-hybridized carbons (Fsp3) is 0.250. The zero-order valence-electron chi connectivity index (χ0n) is 15.4. The normalized spacial score (nSPS) is 10.2. The molecule has 0 unspecified atom stereocenters. The maximum absolute atomic E-state index is 12.2. The maximum Gasteiger partial charge on any atom is 0.338 e. The lowest BCUT2D eigenvalue weighted by Crippen LogP contribution is -2.20. The molecule has 0 fully saturated rings. The van der Waals surface area contributed by atoms with Gasteiger partial charge >= 0.3 is 5.97 Å². The summed E-state index contributed by atoms with van der Waals surface area (Å²) in [6, 6.07) is 9.62. The van der Waals surface area contributed by atoms with Gasteiger partial charge in [-0.1, -0.05) is 12.1 Å². The number of carbonyl (C=O) groups is 3. The van der Waals surface area contributed by atoms with Crippen LogP contribution in [0.2, 0.25) is 0 Å². The molecule has 0 heterocycles. The molecule has 2 aromatic carbocycles. The van der Waals surface area contributed by atoms with Crippen LogP contribution in [0, 0.1) is 13.8 Å². The Hall–Kier alpha value is -3.35. The second kappa shape index (κ2) is 8.84. The summed E-state index contributed by atoms with van der Waals surface area (Å²) in [6.45, 7) is 3.17. The number of Topliss-reactive ketones (excluding diaryl/α,β-unsaturated/α-hetero) is 1. The number of amides is 1. The SMILES string of the molecule is COc1cc(C(=O)OCC(=O)c2ccc(C)c(C)c2)ccc1OCC(N)=O. The smallest absolute Gasteiger partial charge is 0.338 e. The van der Waals surface area contributed by atoms with E-state index in [0.29, 0.717) is 5.56 Å². The van der Waals surface area contributed by atoms with Crippen LogP contribution in [0.4, 0.5) is 0 Å². The van der Waals surface area contributed by atoms with Crippen LogP contribution in [0.5, 0.6) is 11.5 Å². The number of ketones is 1. The first kappa shape index (κ1) is 20.0. The van der Waals surface area contributed by atoms with E-state index in [1.165, 1.54) is 25.3 Å². The minimum Gasteiger partial charge on any atom is -0.493 e. The van der Waals surface area contributed by atoms with Gasteiger partial charge in [0.15, 0.2) is 30.5 Å². The van der Waals surface area contributed by atoms with Gasteiger partial charge in [0.1, 0.15) is 0 Å². The lowest BCUT2D eigenvalue weighted by atomic mass is 10.0. The summed E-state index contributed by atoms with van der Waals surface area (Å²) in [4.78, 5) is 35.2. The number of rotatable bonds is 8. The van der Waals surface area contributed by atoms with Gasteiger partial charge in [0, 0.05) is 5.56 Å². The minimum absolute atomic E-state index is 0.186. The Morgan fingerprint density at radius 1 is 0.889 bits per heavy atom. The summed E-state index contributed by atoms with van der Waals surface area (Å²) in [5, 5.41) is 0. The van der Waals surface area contributed by atoms with E-state index in [4.69, 9.17) is 19.9 Å². The molecule has 2 aromatic rings. The fourth-order valence-corrected chi connectivity index (χ4v) is 2.28. The van der Waals surface area contributed by atoms with Crippen molar-refractivity contribution in [3.63, 3.8) is 0 Å². The first-order valence-electron chi connectivity index (χ1n) is 8.18. The minimum atomic E-state index is -0.674. The molecule has 0 atom stereocenters. The van der Waals surface area contributed by atoms with Crippen LogP contribution in [0.1, 0.15) is 31.8 Å². The number of methoxy groups -OCH3 is 1. The molecule has 7 heteroatoms. The first-order chi connectivity index (χ1) is 12.8. The molecule has 2 N–H and O–H groups in total. The highest BCUT2D eigenvalue weighted by atomic mass is 16.5. The quantitative estimate of drug-likeness (QED) is 0.563. The van der Waals surface area contributed by atoms with Gasteiger partial charge in [-0.2, -0.15) is 0 Å². The van der Waals surface area contributed by atoms with Crippen molar-refractivity contribution in [2.24, 2.45) is 5.73 Å². The lowest BCUT2D eigenvalue weighted by molar-refractivity contribution is -0.119. The molecule has 0 saturated heterocycles. The van der Waals surface area contributed by atoms with Crippen molar-refractivity contribution in [3.05, 3.63) is 58.7 Å². The maximum atomic E-state index is 12.2. The largest absolute Gasteiger partial charge is 0.493 e. The molecular formula is C20H21NO6. The first-order valence-corrected chi connectivity index (χ1v) is 8.18. The Bertz CT molecular complexity index is 875. The monoisotopic (exact) mass is 371 g/mol. The van der Waals surface area contributed by atoms with Crippen LogP contribution in [-0.2, 0) is 9.53 Å². The number of ether oxygens (including phenoxy) is 3. The number of aryl methyl sites for hydroxylation is 2. The second-order valence-electron chi connectivity index (χ2n) is 5.92. The van der Waals surface area contributed by atoms with E-state index in [9.17, 15) is 14.4 Å². The Labute approximate surface area is 157 Å². The Balaban J connectivity index is 2.03. The summed E-state index contributed by atoms with van der Waals surface area (Å²) in [5.41, 5.74) is 7.77. The average molecular weight is 371 g/mol. The van der Waals surface area contributed by atoms with E-state index in [2.05, 4.69) is 0 Å². The molecule has 7 nitrogen and oxygen atoms in total. The van der Waals surface area contributed by atoms with E-state index >= 15 is 0 Å². The molecule has 0 aliphatic rings. The number of benzene rings is 2. The topological polar surface area (TPSA) is 105 Å². The highest BCUT2D eigenvalue weighted by Crippen LogP contribution is 2.28. The summed E-state index contributed by atoms with van der Waals surface area (Å²) >= 11 is 0. The number of hydrogen-bond donors (Lipinski definition) is 1. The molecule has 0 radical (unpaired) electrons. The number of carbonyl (C=O) groups excluding carboxylic acids is 3. The Morgan fingerprint density at radius 2 is 1.59 bits per heavy atom. The Kier molecular flexibility index (Phi) is 6.54. The van der Waals surface area contributed by atoms with Gasteiger partial charge in [0.05, 0.1) is 12.7 Å². The van der Waals surface area contributed by atoms with Crippen molar-refractivity contribution in [2.75, 3.05) is 20.3 Å². The van der Waals surface area contributed by atoms with Crippen molar-refractivity contribution in [1.29, 1.82) is 0 Å². The van der Waals surface area contributed by atoms with Crippen LogP contribution in [0.25, 0.3) is 0 Å². The number of esters is 1. The summed E-state index contributed by atoms with van der Waals surface area (Å²) in [5.74, 6) is -1.10. The van der Waals surface area contributed by atoms with E-state index < -0.39 is 11.9 Å². The molecule has 0 bridgehead atoms. The standard InChI is InChI=1S/C20H21NO6/c1-12-4-5-14(8-13(12)2)16(22)10-27-20(24)15-6-7-17(18(9-15)25-3)26-11-19(21)23/h4-9H,10-11H2,1-3H3,(H2,21,23). The molecule has 0 aromatic heterocycles. The Morgan fingerprint density at radius 3 is 2.22 bits per heavy atom. The van der Waals surface area contributed by atoms with Crippen LogP contribution < -0.4 is 15.2 Å². The summed E-state index contributed by atoms with van der Waals surface area (Å²) < 4.78 is 15.4. The molecule has 0 spiro atoms. The second-order valence-corrected chi connectivity index (χ2v) is 5.92. The third-order valence-corrected chi connectivity index (χ3v) is 3.93. The van der Waals surface area contributed by atoms with Gasteiger partial charge in [-0.15, -0.1) is 0 Å². The molecule has 0 aliphatic heterocycles. The van der Waals surface area contributed by atoms with Crippen molar-refractivity contribution in [3.8, 4) is 11.5 Å². The van der Waals surface area contributed by atoms with Crippen LogP contribution in [0.3, 0.4) is 0 Å². The van der Waals surface area contributed by atoms with Crippen LogP contribution in [-0.4, -0.2) is 38.0 Å². The fourth-order valence-electron chi connectivity index (χ4n) is 2.28. The zero-order chi connectivity index (χ0) is 20.0. The number of nitrogens with two attached hydrogens (primary N) is 1. The average Bonchev–Trinajstić information content (AvgIpc) is 2.66. The lowest BCUT2D eigenvalue weighted by Gasteiger charge is -2.11.